The van der Waals surface area contributed by atoms with Gasteiger partial charge in [0.1, 0.15) is 29.4 Å². The fourth-order valence-corrected chi connectivity index (χ4v) is 6.66. The molecule has 43 heavy (non-hydrogen) atoms. The number of phenolic OH excluding ortho intramolecular Hbond substituents is 1. The third kappa shape index (κ3) is 4.66. The quantitative estimate of drug-likeness (QED) is 0.185. The Balaban J connectivity index is 1.60. The number of benzene rings is 2. The number of aliphatic hydroxyl groups excluding tert-OH is 2. The smallest absolute Gasteiger partial charge is 0.255 e. The third-order valence-electron chi connectivity index (χ3n) is 8.46. The molecule has 3 aliphatic carbocycles. The predicted molar refractivity (Wildman–Crippen MR) is 153 cm³/mol. The number of anilines is 1. The first-order valence-corrected chi connectivity index (χ1v) is 13.5. The SMILES string of the molecule is CN(O)CC(=O)Nc1ccc(-c2ccc(O)c3c2C[C@H]2C[C@H]4[C@H](N(C)C)C(=O)C(C(N)=O)=C(O)[C@@]4(O)C(=O)C2=C3O)cc1. The summed E-state index contributed by atoms with van der Waals surface area (Å²) in [5, 5.41) is 57.6. The first-order chi connectivity index (χ1) is 20.2. The number of Topliss-reactive ketones (excluding diaryl/α,β-unsaturated/α-hetero) is 2. The minimum absolute atomic E-state index is 0.0165. The Labute approximate surface area is 246 Å². The summed E-state index contributed by atoms with van der Waals surface area (Å²) in [5.74, 6) is -7.53. The van der Waals surface area contributed by atoms with Gasteiger partial charge >= 0.3 is 0 Å². The molecule has 2 amide bonds. The molecule has 0 radical (unpaired) electrons. The van der Waals surface area contributed by atoms with Crippen molar-refractivity contribution in [1.29, 1.82) is 0 Å². The number of amides is 2. The van der Waals surface area contributed by atoms with Gasteiger partial charge in [0, 0.05) is 24.2 Å². The minimum Gasteiger partial charge on any atom is -0.508 e. The Morgan fingerprint density at radius 1 is 1.05 bits per heavy atom. The van der Waals surface area contributed by atoms with E-state index < -0.39 is 64.0 Å². The average Bonchev–Trinajstić information content (AvgIpc) is 2.90. The molecule has 0 unspecified atom stereocenters. The van der Waals surface area contributed by atoms with Crippen LogP contribution in [0, 0.1) is 11.8 Å². The van der Waals surface area contributed by atoms with Crippen molar-refractivity contribution in [3.05, 3.63) is 64.4 Å². The molecule has 2 aromatic rings. The van der Waals surface area contributed by atoms with Crippen LogP contribution in [0.2, 0.25) is 0 Å². The number of nitrogens with two attached hydrogens (primary N) is 1. The zero-order valence-electron chi connectivity index (χ0n) is 23.7. The number of nitrogens with one attached hydrogen (secondary N) is 1. The van der Waals surface area contributed by atoms with Crippen LogP contribution in [0.3, 0.4) is 0 Å². The number of ketones is 2. The zero-order chi connectivity index (χ0) is 31.5. The summed E-state index contributed by atoms with van der Waals surface area (Å²) in [4.78, 5) is 52.8. The molecular formula is C30H32N4O9. The topological polar surface area (TPSA) is 214 Å². The number of aliphatic hydroxyl groups is 3. The zero-order valence-corrected chi connectivity index (χ0v) is 23.7. The number of aromatic hydroxyl groups is 1. The van der Waals surface area contributed by atoms with Crippen molar-refractivity contribution in [1.82, 2.24) is 9.96 Å². The first kappa shape index (κ1) is 29.9. The molecule has 0 aliphatic heterocycles. The van der Waals surface area contributed by atoms with Crippen LogP contribution in [0.1, 0.15) is 17.5 Å². The van der Waals surface area contributed by atoms with Gasteiger partial charge in [-0.1, -0.05) is 18.2 Å². The van der Waals surface area contributed by atoms with Crippen molar-refractivity contribution in [2.75, 3.05) is 33.0 Å². The summed E-state index contributed by atoms with van der Waals surface area (Å²) in [7, 11) is 4.42. The monoisotopic (exact) mass is 592 g/mol. The molecular weight excluding hydrogens is 560 g/mol. The van der Waals surface area contributed by atoms with E-state index in [2.05, 4.69) is 5.32 Å². The normalized spacial score (nSPS) is 25.0. The van der Waals surface area contributed by atoms with Crippen LogP contribution in [0.4, 0.5) is 5.69 Å². The molecule has 0 bridgehead atoms. The van der Waals surface area contributed by atoms with Crippen molar-refractivity contribution in [3.63, 3.8) is 0 Å². The Kier molecular flexibility index (Phi) is 7.38. The number of hydrogen-bond donors (Lipinski definition) is 7. The van der Waals surface area contributed by atoms with E-state index in [1.54, 1.807) is 30.3 Å². The van der Waals surface area contributed by atoms with Gasteiger partial charge in [-0.15, -0.1) is 0 Å². The first-order valence-electron chi connectivity index (χ1n) is 13.5. The summed E-state index contributed by atoms with van der Waals surface area (Å²) in [6.45, 7) is -0.227. The number of rotatable bonds is 6. The van der Waals surface area contributed by atoms with E-state index in [9.17, 15) is 44.8 Å². The third-order valence-corrected chi connectivity index (χ3v) is 8.46. The van der Waals surface area contributed by atoms with E-state index in [0.29, 0.717) is 22.4 Å². The maximum atomic E-state index is 14.0. The minimum atomic E-state index is -2.71. The molecule has 13 nitrogen and oxygen atoms in total. The highest BCUT2D eigenvalue weighted by Crippen LogP contribution is 2.53. The Bertz CT molecular complexity index is 1630. The second-order valence-corrected chi connectivity index (χ2v) is 11.4. The maximum absolute atomic E-state index is 14.0. The van der Waals surface area contributed by atoms with Crippen LogP contribution < -0.4 is 11.1 Å². The Morgan fingerprint density at radius 2 is 1.70 bits per heavy atom. The van der Waals surface area contributed by atoms with E-state index in [1.165, 1.54) is 32.1 Å². The molecule has 13 heteroatoms. The second kappa shape index (κ2) is 10.6. The van der Waals surface area contributed by atoms with Crippen LogP contribution in [0.15, 0.2) is 53.3 Å². The number of hydroxylamine groups is 2. The fraction of sp³-hybridized carbons (Fsp3) is 0.333. The van der Waals surface area contributed by atoms with Crippen LogP contribution in [0.5, 0.6) is 5.75 Å². The summed E-state index contributed by atoms with van der Waals surface area (Å²) >= 11 is 0. The van der Waals surface area contributed by atoms with Gasteiger partial charge in [0.25, 0.3) is 5.91 Å². The molecule has 0 saturated heterocycles. The van der Waals surface area contributed by atoms with Crippen LogP contribution in [-0.4, -0.2) is 98.3 Å². The van der Waals surface area contributed by atoms with E-state index in [1.807, 2.05) is 0 Å². The number of primary amides is 1. The highest BCUT2D eigenvalue weighted by Gasteiger charge is 2.64. The molecule has 0 heterocycles. The van der Waals surface area contributed by atoms with Crippen LogP contribution in [0.25, 0.3) is 16.9 Å². The number of phenols is 1. The number of carbonyl (C=O) groups excluding carboxylic acids is 4. The summed E-state index contributed by atoms with van der Waals surface area (Å²) in [5.41, 5.74) is 3.84. The summed E-state index contributed by atoms with van der Waals surface area (Å²) < 4.78 is 0. The summed E-state index contributed by atoms with van der Waals surface area (Å²) in [6, 6.07) is 8.59. The van der Waals surface area contributed by atoms with E-state index >= 15 is 0 Å². The molecule has 1 fully saturated rings. The van der Waals surface area contributed by atoms with Gasteiger partial charge < -0.3 is 36.7 Å². The van der Waals surface area contributed by atoms with Crippen LogP contribution in [-0.2, 0) is 25.6 Å². The van der Waals surface area contributed by atoms with Gasteiger partial charge in [-0.3, -0.25) is 24.1 Å². The van der Waals surface area contributed by atoms with Crippen molar-refractivity contribution in [2.45, 2.75) is 24.5 Å². The molecule has 0 spiro atoms. The number of nitrogens with zero attached hydrogens (tertiary/aromatic N) is 2. The lowest BCUT2D eigenvalue weighted by molar-refractivity contribution is -0.153. The molecule has 4 atom stereocenters. The highest BCUT2D eigenvalue weighted by molar-refractivity contribution is 6.24. The lowest BCUT2D eigenvalue weighted by atomic mass is 9.57. The van der Waals surface area contributed by atoms with E-state index in [-0.39, 0.29) is 36.3 Å². The number of hydrogen-bond acceptors (Lipinski definition) is 11. The lowest BCUT2D eigenvalue weighted by Crippen LogP contribution is -2.65. The molecule has 226 valence electrons. The van der Waals surface area contributed by atoms with Crippen molar-refractivity contribution < 1.29 is 44.8 Å². The van der Waals surface area contributed by atoms with Gasteiger partial charge in [-0.25, -0.2) is 0 Å². The van der Waals surface area contributed by atoms with E-state index in [0.717, 1.165) is 5.06 Å². The van der Waals surface area contributed by atoms with Crippen molar-refractivity contribution in [3.8, 4) is 16.9 Å². The fourth-order valence-electron chi connectivity index (χ4n) is 6.66. The largest absolute Gasteiger partial charge is 0.508 e. The molecule has 1 saturated carbocycles. The Hall–Kier alpha value is -4.56. The summed E-state index contributed by atoms with van der Waals surface area (Å²) in [6.07, 6.45) is 0.116. The van der Waals surface area contributed by atoms with Crippen molar-refractivity contribution >= 4 is 34.8 Å². The molecule has 0 aromatic heterocycles. The lowest BCUT2D eigenvalue weighted by Gasteiger charge is -2.50. The Morgan fingerprint density at radius 3 is 2.28 bits per heavy atom. The molecule has 2 aromatic carbocycles. The molecule has 8 N–H and O–H groups in total. The van der Waals surface area contributed by atoms with Crippen LogP contribution >= 0.6 is 0 Å². The predicted octanol–water partition coefficient (Wildman–Crippen LogP) is 0.891. The van der Waals surface area contributed by atoms with Gasteiger partial charge in [0.15, 0.2) is 11.4 Å². The number of fused-ring (bicyclic) bond motifs is 3. The standard InChI is InChI=1S/C30H32N4O9/c1-33(2)24-18-11-14-10-17-16(13-4-6-15(7-5-13)32-20(36)12-34(3)43)8-9-19(35)22(17)25(37)21(14)27(39)30(18,42)28(40)23(26(24)38)29(31)41/h4-9,14,18,24,35,37,40,42-43H,10-12H2,1-3H3,(H2,31,41)(H,32,36)/t14-,18-,24-,30-/m0/s1. The number of likely N-dealkylation sites (N-methyl/N-ethyl adjacent to an activating group) is 2. The van der Waals surface area contributed by atoms with E-state index in [4.69, 9.17) is 5.73 Å². The van der Waals surface area contributed by atoms with Gasteiger partial charge in [-0.2, -0.15) is 5.06 Å². The molecule has 5 rings (SSSR count). The van der Waals surface area contributed by atoms with Gasteiger partial charge in [0.2, 0.25) is 11.7 Å². The highest BCUT2D eigenvalue weighted by atomic mass is 16.5. The molecule has 3 aliphatic rings. The number of carbonyl (C=O) groups is 4. The average molecular weight is 593 g/mol. The van der Waals surface area contributed by atoms with Crippen molar-refractivity contribution in [2.24, 2.45) is 17.6 Å². The maximum Gasteiger partial charge on any atom is 0.255 e. The van der Waals surface area contributed by atoms with Gasteiger partial charge in [0.05, 0.1) is 11.6 Å². The van der Waals surface area contributed by atoms with Gasteiger partial charge in [-0.05, 0) is 67.7 Å². The second-order valence-electron chi connectivity index (χ2n) is 11.4.